The van der Waals surface area contributed by atoms with Gasteiger partial charge in [-0.15, -0.1) is 0 Å². The van der Waals surface area contributed by atoms with Crippen molar-refractivity contribution in [2.45, 2.75) is 38.5 Å². The average molecular weight is 324 g/mol. The predicted molar refractivity (Wildman–Crippen MR) is 86.8 cm³/mol. The van der Waals surface area contributed by atoms with Gasteiger partial charge in [0, 0.05) is 33.1 Å². The molecule has 1 fully saturated rings. The molecule has 1 saturated heterocycles. The monoisotopic (exact) mass is 324 g/mol. The summed E-state index contributed by atoms with van der Waals surface area (Å²) >= 11 is 0. The number of hydrogen-bond donors (Lipinski definition) is 0. The minimum atomic E-state index is -3.30. The van der Waals surface area contributed by atoms with Crippen LogP contribution in [0.1, 0.15) is 30.9 Å². The molecule has 0 atom stereocenters. The minimum absolute atomic E-state index is 0.0289. The fourth-order valence-electron chi connectivity index (χ4n) is 2.82. The molecule has 0 N–H and O–H groups in total. The summed E-state index contributed by atoms with van der Waals surface area (Å²) in [6.45, 7) is 4.44. The highest BCUT2D eigenvalue weighted by Crippen LogP contribution is 2.21. The van der Waals surface area contributed by atoms with Crippen LogP contribution in [0.5, 0.6) is 0 Å². The summed E-state index contributed by atoms with van der Waals surface area (Å²) in [5.41, 5.74) is 1.85. The van der Waals surface area contributed by atoms with Crippen LogP contribution in [-0.2, 0) is 20.6 Å². The largest absolute Gasteiger partial charge is 0.343 e. The van der Waals surface area contributed by atoms with Crippen molar-refractivity contribution in [1.82, 2.24) is 9.21 Å². The van der Waals surface area contributed by atoms with Gasteiger partial charge in [-0.05, 0) is 30.9 Å². The van der Waals surface area contributed by atoms with E-state index in [2.05, 4.69) is 0 Å². The highest BCUT2D eigenvalue weighted by atomic mass is 32.2. The van der Waals surface area contributed by atoms with Gasteiger partial charge >= 0.3 is 0 Å². The van der Waals surface area contributed by atoms with Gasteiger partial charge in [0.2, 0.25) is 15.9 Å². The first kappa shape index (κ1) is 17.0. The van der Waals surface area contributed by atoms with Crippen LogP contribution in [0.4, 0.5) is 0 Å². The second-order valence-corrected chi connectivity index (χ2v) is 7.91. The third kappa shape index (κ3) is 3.87. The molecule has 0 aliphatic carbocycles. The van der Waals surface area contributed by atoms with Crippen molar-refractivity contribution in [2.75, 3.05) is 20.1 Å². The topological polar surface area (TPSA) is 57.7 Å². The van der Waals surface area contributed by atoms with E-state index < -0.39 is 10.0 Å². The second kappa shape index (κ2) is 6.79. The molecule has 0 spiro atoms. The van der Waals surface area contributed by atoms with Crippen molar-refractivity contribution in [3.63, 3.8) is 0 Å². The van der Waals surface area contributed by atoms with E-state index in [0.29, 0.717) is 25.9 Å². The van der Waals surface area contributed by atoms with Crippen LogP contribution >= 0.6 is 0 Å². The lowest BCUT2D eigenvalue weighted by Gasteiger charge is -2.35. The third-order valence-electron chi connectivity index (χ3n) is 4.46. The Morgan fingerprint density at radius 1 is 1.27 bits per heavy atom. The van der Waals surface area contributed by atoms with Crippen LogP contribution in [-0.4, -0.2) is 49.7 Å². The lowest BCUT2D eigenvalue weighted by Crippen LogP contribution is -2.47. The van der Waals surface area contributed by atoms with E-state index in [4.69, 9.17) is 0 Å². The van der Waals surface area contributed by atoms with Crippen LogP contribution < -0.4 is 0 Å². The molecule has 6 heteroatoms. The first-order chi connectivity index (χ1) is 10.3. The maximum Gasteiger partial charge on any atom is 0.219 e. The third-order valence-corrected chi connectivity index (χ3v) is 6.29. The van der Waals surface area contributed by atoms with E-state index in [9.17, 15) is 13.2 Å². The van der Waals surface area contributed by atoms with Crippen molar-refractivity contribution in [3.8, 4) is 0 Å². The van der Waals surface area contributed by atoms with E-state index >= 15 is 0 Å². The van der Waals surface area contributed by atoms with Gasteiger partial charge in [0.1, 0.15) is 0 Å². The summed E-state index contributed by atoms with van der Waals surface area (Å²) in [5.74, 6) is 0.0774. The number of amides is 1. The molecule has 122 valence electrons. The van der Waals surface area contributed by atoms with Crippen molar-refractivity contribution in [3.05, 3.63) is 35.4 Å². The molecule has 1 heterocycles. The Bertz CT molecular complexity index is 635. The highest BCUT2D eigenvalue weighted by molar-refractivity contribution is 7.88. The van der Waals surface area contributed by atoms with Crippen LogP contribution in [0.25, 0.3) is 0 Å². The van der Waals surface area contributed by atoms with Crippen LogP contribution in [0.15, 0.2) is 24.3 Å². The van der Waals surface area contributed by atoms with Gasteiger partial charge in [0.25, 0.3) is 0 Å². The Labute approximate surface area is 133 Å². The first-order valence-electron chi connectivity index (χ1n) is 7.57. The summed E-state index contributed by atoms with van der Waals surface area (Å²) in [7, 11) is -1.52. The van der Waals surface area contributed by atoms with Gasteiger partial charge in [-0.2, -0.15) is 0 Å². The average Bonchev–Trinajstić information content (AvgIpc) is 2.49. The summed E-state index contributed by atoms with van der Waals surface area (Å²) in [4.78, 5) is 13.1. The summed E-state index contributed by atoms with van der Waals surface area (Å²) in [6.07, 6.45) is 1.40. The smallest absolute Gasteiger partial charge is 0.219 e. The maximum absolute atomic E-state index is 12.6. The van der Waals surface area contributed by atoms with E-state index in [1.54, 1.807) is 23.2 Å². The molecule has 0 aromatic heterocycles. The van der Waals surface area contributed by atoms with E-state index in [1.165, 1.54) is 0 Å². The van der Waals surface area contributed by atoms with Crippen molar-refractivity contribution in [1.29, 1.82) is 0 Å². The fourth-order valence-corrected chi connectivity index (χ4v) is 4.49. The second-order valence-electron chi connectivity index (χ2n) is 5.94. The number of aryl methyl sites for hydroxylation is 1. The molecule has 1 aliphatic rings. The standard InChI is InChI=1S/C16H24N2O3S/c1-13-6-4-5-7-15(13)12-22(20,21)18-10-8-16(9-11-18)17(3)14(2)19/h4-7,16H,8-12H2,1-3H3. The summed E-state index contributed by atoms with van der Waals surface area (Å²) in [6, 6.07) is 7.71. The molecule has 1 aromatic rings. The van der Waals surface area contributed by atoms with Gasteiger partial charge in [-0.1, -0.05) is 24.3 Å². The number of hydrogen-bond acceptors (Lipinski definition) is 3. The van der Waals surface area contributed by atoms with E-state index in [0.717, 1.165) is 11.1 Å². The zero-order chi connectivity index (χ0) is 16.3. The zero-order valence-electron chi connectivity index (χ0n) is 13.4. The lowest BCUT2D eigenvalue weighted by molar-refractivity contribution is -0.130. The van der Waals surface area contributed by atoms with Gasteiger partial charge in [0.05, 0.1) is 5.75 Å². The SMILES string of the molecule is CC(=O)N(C)C1CCN(S(=O)(=O)Cc2ccccc2C)CC1. The van der Waals surface area contributed by atoms with Crippen molar-refractivity contribution >= 4 is 15.9 Å². The minimum Gasteiger partial charge on any atom is -0.343 e. The van der Waals surface area contributed by atoms with Crippen molar-refractivity contribution < 1.29 is 13.2 Å². The number of carbonyl (C=O) groups is 1. The molecule has 2 rings (SSSR count). The van der Waals surface area contributed by atoms with Gasteiger partial charge < -0.3 is 4.90 Å². The van der Waals surface area contributed by atoms with Gasteiger partial charge in [0.15, 0.2) is 0 Å². The molecule has 1 amide bonds. The Morgan fingerprint density at radius 3 is 2.41 bits per heavy atom. The number of piperidine rings is 1. The number of rotatable bonds is 4. The quantitative estimate of drug-likeness (QED) is 0.848. The Balaban J connectivity index is 2.01. The molecule has 1 aliphatic heterocycles. The molecule has 0 saturated carbocycles. The predicted octanol–water partition coefficient (Wildman–Crippen LogP) is 1.77. The van der Waals surface area contributed by atoms with Gasteiger partial charge in [-0.3, -0.25) is 4.79 Å². The Kier molecular flexibility index (Phi) is 5.24. The lowest BCUT2D eigenvalue weighted by atomic mass is 10.1. The zero-order valence-corrected chi connectivity index (χ0v) is 14.3. The molecular weight excluding hydrogens is 300 g/mol. The molecule has 0 bridgehead atoms. The Morgan fingerprint density at radius 2 is 1.86 bits per heavy atom. The maximum atomic E-state index is 12.6. The van der Waals surface area contributed by atoms with E-state index in [1.807, 2.05) is 31.2 Å². The number of nitrogens with zero attached hydrogens (tertiary/aromatic N) is 2. The van der Waals surface area contributed by atoms with Crippen LogP contribution in [0.2, 0.25) is 0 Å². The molecule has 0 unspecified atom stereocenters. The molecule has 1 aromatic carbocycles. The molecule has 22 heavy (non-hydrogen) atoms. The number of benzene rings is 1. The van der Waals surface area contributed by atoms with Crippen LogP contribution in [0, 0.1) is 6.92 Å². The van der Waals surface area contributed by atoms with Crippen LogP contribution in [0.3, 0.4) is 0 Å². The molecular formula is C16H24N2O3S. The number of carbonyl (C=O) groups excluding carboxylic acids is 1. The number of sulfonamides is 1. The van der Waals surface area contributed by atoms with E-state index in [-0.39, 0.29) is 17.7 Å². The summed E-state index contributed by atoms with van der Waals surface area (Å²) in [5, 5.41) is 0. The normalized spacial score (nSPS) is 17.4. The van der Waals surface area contributed by atoms with Crippen molar-refractivity contribution in [2.24, 2.45) is 0 Å². The highest BCUT2D eigenvalue weighted by Gasteiger charge is 2.30. The Hall–Kier alpha value is -1.40. The molecule has 0 radical (unpaired) electrons. The molecule has 5 nitrogen and oxygen atoms in total. The fraction of sp³-hybridized carbons (Fsp3) is 0.562. The summed E-state index contributed by atoms with van der Waals surface area (Å²) < 4.78 is 26.7. The first-order valence-corrected chi connectivity index (χ1v) is 9.18. The van der Waals surface area contributed by atoms with Gasteiger partial charge in [-0.25, -0.2) is 12.7 Å².